The van der Waals surface area contributed by atoms with Crippen molar-refractivity contribution < 1.29 is 4.39 Å². The molecular formula is C16H15ClFN3S2. The molecule has 0 aliphatic rings. The van der Waals surface area contributed by atoms with E-state index >= 15 is 0 Å². The minimum absolute atomic E-state index is 0.254. The van der Waals surface area contributed by atoms with Gasteiger partial charge < -0.3 is 4.90 Å². The van der Waals surface area contributed by atoms with Crippen LogP contribution in [0.4, 0.5) is 4.39 Å². The molecule has 0 radical (unpaired) electrons. The number of fused-ring (bicyclic) bond motifs is 1. The van der Waals surface area contributed by atoms with Crippen molar-refractivity contribution in [3.8, 4) is 11.1 Å². The molecule has 0 saturated carbocycles. The average Bonchev–Trinajstić information content (AvgIpc) is 2.92. The van der Waals surface area contributed by atoms with E-state index in [9.17, 15) is 4.39 Å². The maximum atomic E-state index is 13.1. The molecule has 3 aromatic rings. The summed E-state index contributed by atoms with van der Waals surface area (Å²) in [6, 6.07) is 6.37. The van der Waals surface area contributed by atoms with Crippen molar-refractivity contribution in [2.75, 3.05) is 26.4 Å². The predicted octanol–water partition coefficient (Wildman–Crippen LogP) is 4.80. The molecule has 2 heterocycles. The lowest BCUT2D eigenvalue weighted by Crippen LogP contribution is -2.14. The van der Waals surface area contributed by atoms with Crippen LogP contribution in [0.15, 0.2) is 34.8 Å². The predicted molar refractivity (Wildman–Crippen MR) is 97.1 cm³/mol. The maximum Gasteiger partial charge on any atom is 0.190 e. The van der Waals surface area contributed by atoms with Gasteiger partial charge in [0.15, 0.2) is 5.16 Å². The number of hydrogen-bond acceptors (Lipinski definition) is 5. The summed E-state index contributed by atoms with van der Waals surface area (Å²) in [5.74, 6) is 0.653. The summed E-state index contributed by atoms with van der Waals surface area (Å²) in [6.07, 6.45) is 0. The lowest BCUT2D eigenvalue weighted by Gasteiger charge is -2.08. The molecule has 0 N–H and O–H groups in total. The molecule has 1 aromatic carbocycles. The van der Waals surface area contributed by atoms with Gasteiger partial charge in [0, 0.05) is 23.2 Å². The van der Waals surface area contributed by atoms with E-state index in [-0.39, 0.29) is 5.82 Å². The topological polar surface area (TPSA) is 29.0 Å². The van der Waals surface area contributed by atoms with Gasteiger partial charge in [-0.2, -0.15) is 0 Å². The van der Waals surface area contributed by atoms with E-state index in [4.69, 9.17) is 11.6 Å². The van der Waals surface area contributed by atoms with Crippen molar-refractivity contribution >= 4 is 44.9 Å². The van der Waals surface area contributed by atoms with Crippen LogP contribution in [0.2, 0.25) is 5.15 Å². The van der Waals surface area contributed by atoms with Gasteiger partial charge in [0.1, 0.15) is 15.8 Å². The van der Waals surface area contributed by atoms with Gasteiger partial charge in [-0.25, -0.2) is 14.4 Å². The summed E-state index contributed by atoms with van der Waals surface area (Å²) >= 11 is 9.51. The quantitative estimate of drug-likeness (QED) is 0.368. The molecule has 2 aromatic heterocycles. The van der Waals surface area contributed by atoms with Crippen molar-refractivity contribution in [1.29, 1.82) is 0 Å². The van der Waals surface area contributed by atoms with Crippen molar-refractivity contribution in [2.45, 2.75) is 5.16 Å². The number of nitrogens with zero attached hydrogens (tertiary/aromatic N) is 3. The Morgan fingerprint density at radius 2 is 1.96 bits per heavy atom. The van der Waals surface area contributed by atoms with Crippen LogP contribution < -0.4 is 0 Å². The minimum atomic E-state index is -0.254. The van der Waals surface area contributed by atoms with Crippen molar-refractivity contribution in [1.82, 2.24) is 14.9 Å². The van der Waals surface area contributed by atoms with Crippen molar-refractivity contribution in [3.63, 3.8) is 0 Å². The monoisotopic (exact) mass is 367 g/mol. The number of thioether (sulfide) groups is 1. The highest BCUT2D eigenvalue weighted by Gasteiger charge is 2.14. The summed E-state index contributed by atoms with van der Waals surface area (Å²) in [5.41, 5.74) is 1.86. The number of rotatable bonds is 5. The average molecular weight is 368 g/mol. The SMILES string of the molecule is CN(C)CCSc1nc(Cl)c2c(-c3ccc(F)cc3)csc2n1. The second kappa shape index (κ2) is 7.13. The third-order valence-corrected chi connectivity index (χ3v) is 5.27. The van der Waals surface area contributed by atoms with Crippen LogP contribution in [-0.4, -0.2) is 41.3 Å². The van der Waals surface area contributed by atoms with Crippen molar-refractivity contribution in [2.24, 2.45) is 0 Å². The van der Waals surface area contributed by atoms with Gasteiger partial charge in [0.2, 0.25) is 0 Å². The number of hydrogen-bond donors (Lipinski definition) is 0. The second-order valence-electron chi connectivity index (χ2n) is 5.29. The second-order valence-corrected chi connectivity index (χ2v) is 7.56. The Labute approximate surface area is 147 Å². The molecule has 0 fully saturated rings. The van der Waals surface area contributed by atoms with E-state index in [1.54, 1.807) is 23.9 Å². The molecule has 0 bridgehead atoms. The molecule has 0 aliphatic carbocycles. The standard InChI is InChI=1S/C16H15ClFN3S2/c1-21(2)7-8-22-16-19-14(17)13-12(9-23-15(13)20-16)10-3-5-11(18)6-4-10/h3-6,9H,7-8H2,1-2H3. The zero-order valence-electron chi connectivity index (χ0n) is 12.7. The number of aromatic nitrogens is 2. The van der Waals surface area contributed by atoms with Crippen LogP contribution in [0.1, 0.15) is 0 Å². The smallest absolute Gasteiger partial charge is 0.190 e. The first-order valence-electron chi connectivity index (χ1n) is 7.03. The fourth-order valence-electron chi connectivity index (χ4n) is 2.11. The molecule has 3 rings (SSSR count). The summed E-state index contributed by atoms with van der Waals surface area (Å²) < 4.78 is 13.1. The zero-order chi connectivity index (χ0) is 16.4. The number of benzene rings is 1. The van der Waals surface area contributed by atoms with Gasteiger partial charge in [-0.05, 0) is 31.8 Å². The van der Waals surface area contributed by atoms with Crippen molar-refractivity contribution in [3.05, 3.63) is 40.6 Å². The normalized spacial score (nSPS) is 11.5. The van der Waals surface area contributed by atoms with Crippen LogP contribution in [-0.2, 0) is 0 Å². The van der Waals surface area contributed by atoms with Gasteiger partial charge in [-0.15, -0.1) is 11.3 Å². The van der Waals surface area contributed by atoms with Gasteiger partial charge in [-0.1, -0.05) is 35.5 Å². The highest BCUT2D eigenvalue weighted by molar-refractivity contribution is 7.99. The first-order valence-corrected chi connectivity index (χ1v) is 9.27. The minimum Gasteiger partial charge on any atom is -0.309 e. The molecular weight excluding hydrogens is 353 g/mol. The van der Waals surface area contributed by atoms with Gasteiger partial charge >= 0.3 is 0 Å². The molecule has 0 amide bonds. The van der Waals surface area contributed by atoms with E-state index < -0.39 is 0 Å². The highest BCUT2D eigenvalue weighted by atomic mass is 35.5. The summed E-state index contributed by atoms with van der Waals surface area (Å²) in [6.45, 7) is 0.953. The summed E-state index contributed by atoms with van der Waals surface area (Å²) in [7, 11) is 4.07. The van der Waals surface area contributed by atoms with Crippen LogP contribution >= 0.6 is 34.7 Å². The first kappa shape index (κ1) is 16.6. The first-order chi connectivity index (χ1) is 11.0. The van der Waals surface area contributed by atoms with Gasteiger partial charge in [0.05, 0.1) is 5.39 Å². The Morgan fingerprint density at radius 1 is 1.22 bits per heavy atom. The molecule has 120 valence electrons. The Balaban J connectivity index is 1.93. The Kier molecular flexibility index (Phi) is 5.16. The molecule has 7 heteroatoms. The molecule has 3 nitrogen and oxygen atoms in total. The van der Waals surface area contributed by atoms with E-state index in [1.165, 1.54) is 23.5 Å². The number of halogens is 2. The molecule has 23 heavy (non-hydrogen) atoms. The van der Waals surface area contributed by atoms with E-state index in [1.807, 2.05) is 19.5 Å². The molecule has 0 atom stereocenters. The van der Waals surface area contributed by atoms with Crippen LogP contribution in [0, 0.1) is 5.82 Å². The Bertz CT molecular complexity index is 818. The molecule has 0 saturated heterocycles. The Hall–Kier alpha value is -1.21. The largest absolute Gasteiger partial charge is 0.309 e. The molecule has 0 aliphatic heterocycles. The summed E-state index contributed by atoms with van der Waals surface area (Å²) in [4.78, 5) is 12.0. The summed E-state index contributed by atoms with van der Waals surface area (Å²) in [5, 5.41) is 3.97. The lowest BCUT2D eigenvalue weighted by atomic mass is 10.1. The zero-order valence-corrected chi connectivity index (χ0v) is 15.1. The van der Waals surface area contributed by atoms with Crippen LogP contribution in [0.3, 0.4) is 0 Å². The van der Waals surface area contributed by atoms with E-state index in [2.05, 4.69) is 14.9 Å². The van der Waals surface area contributed by atoms with Gasteiger partial charge in [0.25, 0.3) is 0 Å². The fraction of sp³-hybridized carbons (Fsp3) is 0.250. The third kappa shape index (κ3) is 3.83. The molecule has 0 spiro atoms. The highest BCUT2D eigenvalue weighted by Crippen LogP contribution is 2.37. The third-order valence-electron chi connectivity index (χ3n) is 3.29. The van der Waals surface area contributed by atoms with E-state index in [0.717, 1.165) is 33.6 Å². The Morgan fingerprint density at radius 3 is 2.65 bits per heavy atom. The fourth-order valence-corrected chi connectivity index (χ4v) is 4.44. The number of thiophene rings is 1. The van der Waals surface area contributed by atoms with Gasteiger partial charge in [-0.3, -0.25) is 0 Å². The maximum absolute atomic E-state index is 13.1. The van der Waals surface area contributed by atoms with Crippen LogP contribution in [0.25, 0.3) is 21.3 Å². The lowest BCUT2D eigenvalue weighted by molar-refractivity contribution is 0.437. The van der Waals surface area contributed by atoms with E-state index in [0.29, 0.717) is 10.3 Å². The van der Waals surface area contributed by atoms with Crippen LogP contribution in [0.5, 0.6) is 0 Å². The molecule has 0 unspecified atom stereocenters.